The van der Waals surface area contributed by atoms with E-state index in [2.05, 4.69) is 10.4 Å². The molecule has 3 N–H and O–H groups in total. The van der Waals surface area contributed by atoms with Crippen molar-refractivity contribution in [3.8, 4) is 0 Å². The number of hydrogen-bond acceptors (Lipinski definition) is 3. The van der Waals surface area contributed by atoms with E-state index in [9.17, 15) is 4.79 Å². The summed E-state index contributed by atoms with van der Waals surface area (Å²) in [5, 5.41) is 7.06. The van der Waals surface area contributed by atoms with Crippen molar-refractivity contribution in [2.75, 3.05) is 6.54 Å². The summed E-state index contributed by atoms with van der Waals surface area (Å²) in [7, 11) is 1.88. The lowest BCUT2D eigenvalue weighted by Crippen LogP contribution is -2.32. The summed E-state index contributed by atoms with van der Waals surface area (Å²) in [5.41, 5.74) is 6.67. The first-order valence-electron chi connectivity index (χ1n) is 5.62. The van der Waals surface area contributed by atoms with E-state index in [1.165, 1.54) is 0 Å². The SMILES string of the molecule is CCC(N)CC(=O)NCCc1ccn(C)n1. The highest BCUT2D eigenvalue weighted by Crippen LogP contribution is 1.95. The monoisotopic (exact) mass is 224 g/mol. The van der Waals surface area contributed by atoms with Crippen LogP contribution >= 0.6 is 0 Å². The number of carbonyl (C=O) groups excluding carboxylic acids is 1. The summed E-state index contributed by atoms with van der Waals surface area (Å²) in [6.45, 7) is 2.60. The number of hydrogen-bond donors (Lipinski definition) is 2. The fraction of sp³-hybridized carbons (Fsp3) is 0.636. The van der Waals surface area contributed by atoms with Crippen LogP contribution in [0.25, 0.3) is 0 Å². The Labute approximate surface area is 96.0 Å². The van der Waals surface area contributed by atoms with Crippen molar-refractivity contribution in [2.24, 2.45) is 12.8 Å². The maximum Gasteiger partial charge on any atom is 0.221 e. The molecule has 0 spiro atoms. The maximum atomic E-state index is 11.4. The molecule has 0 aromatic carbocycles. The molecule has 1 aromatic rings. The predicted octanol–water partition coefficient (Wildman–Crippen LogP) is 0.206. The van der Waals surface area contributed by atoms with Crippen molar-refractivity contribution < 1.29 is 4.79 Å². The molecule has 1 aromatic heterocycles. The summed E-state index contributed by atoms with van der Waals surface area (Å²) >= 11 is 0. The van der Waals surface area contributed by atoms with E-state index in [4.69, 9.17) is 5.73 Å². The molecule has 0 fully saturated rings. The van der Waals surface area contributed by atoms with Gasteiger partial charge in [-0.1, -0.05) is 6.92 Å². The molecule has 90 valence electrons. The van der Waals surface area contributed by atoms with Crippen LogP contribution in [0, 0.1) is 0 Å². The van der Waals surface area contributed by atoms with Crippen LogP contribution in [0.3, 0.4) is 0 Å². The number of aromatic nitrogens is 2. The smallest absolute Gasteiger partial charge is 0.221 e. The van der Waals surface area contributed by atoms with Crippen LogP contribution in [-0.2, 0) is 18.3 Å². The minimum absolute atomic E-state index is 0.0188. The minimum atomic E-state index is -0.0325. The molecular weight excluding hydrogens is 204 g/mol. The van der Waals surface area contributed by atoms with Gasteiger partial charge in [0.05, 0.1) is 5.69 Å². The maximum absolute atomic E-state index is 11.4. The molecule has 1 atom stereocenters. The molecular formula is C11H20N4O. The number of rotatable bonds is 6. The van der Waals surface area contributed by atoms with E-state index in [1.54, 1.807) is 4.68 Å². The first-order chi connectivity index (χ1) is 7.61. The van der Waals surface area contributed by atoms with Gasteiger partial charge in [-0.3, -0.25) is 9.48 Å². The first kappa shape index (κ1) is 12.7. The van der Waals surface area contributed by atoms with E-state index in [-0.39, 0.29) is 11.9 Å². The second-order valence-electron chi connectivity index (χ2n) is 3.95. The molecule has 1 amide bonds. The van der Waals surface area contributed by atoms with Crippen LogP contribution in [-0.4, -0.2) is 28.3 Å². The number of carbonyl (C=O) groups is 1. The third-order valence-electron chi connectivity index (χ3n) is 2.44. The molecule has 16 heavy (non-hydrogen) atoms. The zero-order valence-corrected chi connectivity index (χ0v) is 9.94. The van der Waals surface area contributed by atoms with E-state index in [0.29, 0.717) is 13.0 Å². The van der Waals surface area contributed by atoms with Gasteiger partial charge in [0.2, 0.25) is 5.91 Å². The van der Waals surface area contributed by atoms with E-state index >= 15 is 0 Å². The van der Waals surface area contributed by atoms with Gasteiger partial charge in [0.25, 0.3) is 0 Å². The van der Waals surface area contributed by atoms with Gasteiger partial charge in [-0.05, 0) is 12.5 Å². The lowest BCUT2D eigenvalue weighted by molar-refractivity contribution is -0.121. The Balaban J connectivity index is 2.18. The van der Waals surface area contributed by atoms with Gasteiger partial charge in [0, 0.05) is 38.7 Å². The molecule has 5 heteroatoms. The summed E-state index contributed by atoms with van der Waals surface area (Å²) in [6, 6.07) is 1.92. The molecule has 0 radical (unpaired) electrons. The molecule has 1 heterocycles. The van der Waals surface area contributed by atoms with Gasteiger partial charge >= 0.3 is 0 Å². The van der Waals surface area contributed by atoms with Crippen LogP contribution in [0.15, 0.2) is 12.3 Å². The van der Waals surface area contributed by atoms with E-state index < -0.39 is 0 Å². The van der Waals surface area contributed by atoms with Crippen molar-refractivity contribution in [1.29, 1.82) is 0 Å². The van der Waals surface area contributed by atoms with Gasteiger partial charge in [0.15, 0.2) is 0 Å². The lowest BCUT2D eigenvalue weighted by atomic mass is 10.1. The summed E-state index contributed by atoms with van der Waals surface area (Å²) < 4.78 is 1.75. The molecule has 0 bridgehead atoms. The topological polar surface area (TPSA) is 72.9 Å². The number of aryl methyl sites for hydroxylation is 1. The van der Waals surface area contributed by atoms with Crippen molar-refractivity contribution in [1.82, 2.24) is 15.1 Å². The van der Waals surface area contributed by atoms with Gasteiger partial charge in [0.1, 0.15) is 0 Å². The van der Waals surface area contributed by atoms with E-state index in [0.717, 1.165) is 18.5 Å². The summed E-state index contributed by atoms with van der Waals surface area (Å²) in [6.07, 6.45) is 3.88. The predicted molar refractivity (Wildman–Crippen MR) is 62.8 cm³/mol. The van der Waals surface area contributed by atoms with Crippen LogP contribution in [0.2, 0.25) is 0 Å². The van der Waals surface area contributed by atoms with Crippen molar-refractivity contribution in [2.45, 2.75) is 32.2 Å². The molecule has 1 unspecified atom stereocenters. The molecule has 0 aliphatic heterocycles. The Morgan fingerprint density at radius 1 is 1.69 bits per heavy atom. The minimum Gasteiger partial charge on any atom is -0.356 e. The van der Waals surface area contributed by atoms with Crippen LogP contribution in [0.1, 0.15) is 25.5 Å². The number of nitrogens with two attached hydrogens (primary N) is 1. The van der Waals surface area contributed by atoms with Crippen molar-refractivity contribution >= 4 is 5.91 Å². The zero-order valence-electron chi connectivity index (χ0n) is 9.94. The number of nitrogens with one attached hydrogen (secondary N) is 1. The Hall–Kier alpha value is -1.36. The highest BCUT2D eigenvalue weighted by Gasteiger charge is 2.06. The normalized spacial score (nSPS) is 12.4. The standard InChI is InChI=1S/C11H20N4O/c1-3-9(12)8-11(16)13-6-4-10-5-7-15(2)14-10/h5,7,9H,3-4,6,8,12H2,1-2H3,(H,13,16). The average Bonchev–Trinajstić information content (AvgIpc) is 2.64. The quantitative estimate of drug-likeness (QED) is 0.725. The Morgan fingerprint density at radius 3 is 3.00 bits per heavy atom. The zero-order chi connectivity index (χ0) is 12.0. The van der Waals surface area contributed by atoms with Gasteiger partial charge < -0.3 is 11.1 Å². The van der Waals surface area contributed by atoms with Crippen LogP contribution in [0.4, 0.5) is 0 Å². The molecule has 5 nitrogen and oxygen atoms in total. The van der Waals surface area contributed by atoms with Gasteiger partial charge in [-0.15, -0.1) is 0 Å². The lowest BCUT2D eigenvalue weighted by Gasteiger charge is -2.08. The van der Waals surface area contributed by atoms with Crippen LogP contribution in [0.5, 0.6) is 0 Å². The molecule has 0 aliphatic carbocycles. The number of amides is 1. The second-order valence-corrected chi connectivity index (χ2v) is 3.95. The number of nitrogens with zero attached hydrogens (tertiary/aromatic N) is 2. The van der Waals surface area contributed by atoms with Crippen LogP contribution < -0.4 is 11.1 Å². The Bertz CT molecular complexity index is 334. The summed E-state index contributed by atoms with van der Waals surface area (Å²) in [5.74, 6) is 0.0188. The fourth-order valence-electron chi connectivity index (χ4n) is 1.38. The first-order valence-corrected chi connectivity index (χ1v) is 5.62. The Kier molecular flexibility index (Phi) is 4.98. The highest BCUT2D eigenvalue weighted by atomic mass is 16.1. The highest BCUT2D eigenvalue weighted by molar-refractivity contribution is 5.76. The third kappa shape index (κ3) is 4.44. The van der Waals surface area contributed by atoms with Gasteiger partial charge in [-0.25, -0.2) is 0 Å². The largest absolute Gasteiger partial charge is 0.356 e. The second kappa shape index (κ2) is 6.27. The third-order valence-corrected chi connectivity index (χ3v) is 2.44. The van der Waals surface area contributed by atoms with E-state index in [1.807, 2.05) is 26.2 Å². The van der Waals surface area contributed by atoms with Crippen molar-refractivity contribution in [3.63, 3.8) is 0 Å². The summed E-state index contributed by atoms with van der Waals surface area (Å²) in [4.78, 5) is 11.4. The van der Waals surface area contributed by atoms with Crippen molar-refractivity contribution in [3.05, 3.63) is 18.0 Å². The molecule has 0 saturated heterocycles. The average molecular weight is 224 g/mol. The molecule has 1 rings (SSSR count). The Morgan fingerprint density at radius 2 is 2.44 bits per heavy atom. The van der Waals surface area contributed by atoms with Gasteiger partial charge in [-0.2, -0.15) is 5.10 Å². The molecule has 0 saturated carbocycles. The molecule has 0 aliphatic rings. The fourth-order valence-corrected chi connectivity index (χ4v) is 1.38.